The van der Waals surface area contributed by atoms with Crippen LogP contribution in [0, 0.1) is 5.92 Å². The second-order valence-electron chi connectivity index (χ2n) is 9.68. The van der Waals surface area contributed by atoms with E-state index in [1.54, 1.807) is 20.3 Å². The van der Waals surface area contributed by atoms with Crippen LogP contribution in [0.1, 0.15) is 25.0 Å². The molecule has 1 saturated heterocycles. The van der Waals surface area contributed by atoms with Gasteiger partial charge in [-0.05, 0) is 43.7 Å². The maximum Gasteiger partial charge on any atom is 0.245 e. The monoisotopic (exact) mass is 567 g/mol. The van der Waals surface area contributed by atoms with E-state index in [0.29, 0.717) is 33.0 Å². The van der Waals surface area contributed by atoms with Crippen LogP contribution in [0.25, 0.3) is 27.7 Å². The number of ether oxygens (including phenoxy) is 2. The lowest BCUT2D eigenvalue weighted by molar-refractivity contribution is -0.125. The quantitative estimate of drug-likeness (QED) is 0.240. The molecular formula is C29H31Cl2N5O3. The molecule has 1 aliphatic rings. The summed E-state index contributed by atoms with van der Waals surface area (Å²) in [6.07, 6.45) is 9.11. The molecule has 0 bridgehead atoms. The number of pyridine rings is 2. The van der Waals surface area contributed by atoms with Crippen LogP contribution in [-0.4, -0.2) is 59.5 Å². The number of hydrogen-bond donors (Lipinski definition) is 1. The Morgan fingerprint density at radius 2 is 1.95 bits per heavy atom. The molecule has 1 unspecified atom stereocenters. The summed E-state index contributed by atoms with van der Waals surface area (Å²) in [6, 6.07) is 5.68. The molecule has 1 fully saturated rings. The third-order valence-corrected chi connectivity index (χ3v) is 8.14. The minimum Gasteiger partial charge on any atom is -0.495 e. The van der Waals surface area contributed by atoms with Gasteiger partial charge in [-0.1, -0.05) is 29.8 Å². The highest BCUT2D eigenvalue weighted by Crippen LogP contribution is 2.47. The van der Waals surface area contributed by atoms with Gasteiger partial charge in [0.1, 0.15) is 23.0 Å². The zero-order valence-corrected chi connectivity index (χ0v) is 23.8. The van der Waals surface area contributed by atoms with Crippen molar-refractivity contribution >= 4 is 51.5 Å². The van der Waals surface area contributed by atoms with E-state index in [2.05, 4.69) is 27.5 Å². The molecule has 1 N–H and O–H groups in total. The normalized spacial score (nSPS) is 15.2. The van der Waals surface area contributed by atoms with Crippen LogP contribution < -0.4 is 14.8 Å². The van der Waals surface area contributed by atoms with E-state index >= 15 is 0 Å². The summed E-state index contributed by atoms with van der Waals surface area (Å²) in [4.78, 5) is 23.4. The highest BCUT2D eigenvalue weighted by Gasteiger charge is 2.25. The number of carbonyl (C=O) groups is 1. The third kappa shape index (κ3) is 5.11. The average molecular weight is 569 g/mol. The topological polar surface area (TPSA) is 81.0 Å². The van der Waals surface area contributed by atoms with E-state index in [4.69, 9.17) is 37.7 Å². The lowest BCUT2D eigenvalue weighted by atomic mass is 10.0. The van der Waals surface area contributed by atoms with E-state index in [1.807, 2.05) is 30.3 Å². The highest BCUT2D eigenvalue weighted by molar-refractivity contribution is 6.41. The zero-order chi connectivity index (χ0) is 27.7. The summed E-state index contributed by atoms with van der Waals surface area (Å²) in [5.41, 5.74) is 4.01. The molecule has 8 nitrogen and oxygen atoms in total. The summed E-state index contributed by atoms with van der Waals surface area (Å²) in [7, 11) is 4.96. The van der Waals surface area contributed by atoms with Crippen molar-refractivity contribution < 1.29 is 14.3 Å². The molecule has 0 aliphatic carbocycles. The van der Waals surface area contributed by atoms with Gasteiger partial charge in [-0.2, -0.15) is 0 Å². The van der Waals surface area contributed by atoms with Crippen LogP contribution in [0.3, 0.4) is 0 Å². The summed E-state index contributed by atoms with van der Waals surface area (Å²) in [5, 5.41) is 4.79. The molecule has 0 radical (unpaired) electrons. The van der Waals surface area contributed by atoms with Gasteiger partial charge in [0.25, 0.3) is 0 Å². The molecule has 1 aromatic carbocycles. The minimum absolute atomic E-state index is 0.0131. The number of aromatic nitrogens is 3. The number of fused-ring (bicyclic) bond motifs is 3. The molecule has 1 aliphatic heterocycles. The van der Waals surface area contributed by atoms with Crippen LogP contribution in [0.4, 0.5) is 5.82 Å². The van der Waals surface area contributed by atoms with Gasteiger partial charge in [-0.15, -0.1) is 0 Å². The number of carbonyl (C=O) groups excluding carboxylic acids is 1. The van der Waals surface area contributed by atoms with Crippen molar-refractivity contribution in [3.63, 3.8) is 0 Å². The number of nitrogens with zero attached hydrogens (tertiary/aromatic N) is 4. The summed E-state index contributed by atoms with van der Waals surface area (Å²) in [6.45, 7) is 5.19. The Morgan fingerprint density at radius 1 is 1.21 bits per heavy atom. The molecule has 10 heteroatoms. The maximum absolute atomic E-state index is 11.9. The lowest BCUT2D eigenvalue weighted by Gasteiger charge is -2.16. The Labute approximate surface area is 237 Å². The number of methoxy groups -OCH3 is 2. The van der Waals surface area contributed by atoms with Gasteiger partial charge >= 0.3 is 0 Å². The van der Waals surface area contributed by atoms with Gasteiger partial charge < -0.3 is 19.7 Å². The number of likely N-dealkylation sites (tertiary alicyclic amines) is 1. The molecule has 4 aromatic rings. The predicted octanol–water partition coefficient (Wildman–Crippen LogP) is 6.27. The number of anilines is 1. The molecular weight excluding hydrogens is 537 g/mol. The van der Waals surface area contributed by atoms with Crippen molar-refractivity contribution in [3.8, 4) is 22.6 Å². The molecule has 1 amide bonds. The fourth-order valence-corrected chi connectivity index (χ4v) is 6.03. The molecule has 5 rings (SSSR count). The van der Waals surface area contributed by atoms with E-state index in [9.17, 15) is 4.79 Å². The maximum atomic E-state index is 11.9. The highest BCUT2D eigenvalue weighted by atomic mass is 35.5. The first kappa shape index (κ1) is 27.1. The Balaban J connectivity index is 1.55. The van der Waals surface area contributed by atoms with E-state index in [0.717, 1.165) is 72.4 Å². The molecule has 204 valence electrons. The summed E-state index contributed by atoms with van der Waals surface area (Å²) >= 11 is 13.6. The standard InChI is InChI=1S/C29H31Cl2N5O3/c1-5-25(37)35-10-9-17(15-35)7-6-8-19-16-36-21-12-24(32-2)33-14-18(21)11-20(29(36)34-19)26-27(30)22(38-3)13-23(39-4)28(26)31/h5,11-14,16-17H,1,6-10,15H2,2-4H3,(H,32,33). The minimum atomic E-state index is 0.0131. The Hall–Kier alpha value is -3.49. The largest absolute Gasteiger partial charge is 0.495 e. The summed E-state index contributed by atoms with van der Waals surface area (Å²) in [5.74, 6) is 2.18. The first-order chi connectivity index (χ1) is 18.9. The average Bonchev–Trinajstić information content (AvgIpc) is 3.60. The molecule has 1 atom stereocenters. The number of amides is 1. The van der Waals surface area contributed by atoms with Crippen LogP contribution in [-0.2, 0) is 11.2 Å². The van der Waals surface area contributed by atoms with E-state index in [1.165, 1.54) is 6.08 Å². The first-order valence-electron chi connectivity index (χ1n) is 12.9. The van der Waals surface area contributed by atoms with Crippen molar-refractivity contribution in [1.82, 2.24) is 19.3 Å². The van der Waals surface area contributed by atoms with Gasteiger partial charge in [0.2, 0.25) is 5.91 Å². The molecule has 4 heterocycles. The molecule has 3 aromatic heterocycles. The number of halogens is 2. The second kappa shape index (κ2) is 11.3. The van der Waals surface area contributed by atoms with Crippen molar-refractivity contribution in [2.75, 3.05) is 39.7 Å². The van der Waals surface area contributed by atoms with Gasteiger partial charge in [0, 0.05) is 61.2 Å². The Kier molecular flexibility index (Phi) is 7.86. The molecule has 39 heavy (non-hydrogen) atoms. The van der Waals surface area contributed by atoms with Gasteiger partial charge in [-0.3, -0.25) is 9.20 Å². The number of nitrogens with one attached hydrogen (secondary N) is 1. The SMILES string of the molecule is C=CC(=O)N1CCC(CCCc2cn3c(n2)c(-c2c(Cl)c(OC)cc(OC)c2Cl)cc2cnc(NC)cc23)C1. The first-order valence-corrected chi connectivity index (χ1v) is 13.6. The number of aryl methyl sites for hydroxylation is 1. The number of hydrogen-bond acceptors (Lipinski definition) is 6. The summed E-state index contributed by atoms with van der Waals surface area (Å²) < 4.78 is 13.1. The fraction of sp³-hybridized carbons (Fsp3) is 0.345. The van der Waals surface area contributed by atoms with Crippen LogP contribution >= 0.6 is 23.2 Å². The lowest BCUT2D eigenvalue weighted by Crippen LogP contribution is -2.26. The Bertz CT molecular complexity index is 1540. The number of benzene rings is 1. The predicted molar refractivity (Wildman–Crippen MR) is 156 cm³/mol. The second-order valence-corrected chi connectivity index (χ2v) is 10.4. The van der Waals surface area contributed by atoms with Crippen LogP contribution in [0.15, 0.2) is 43.2 Å². The van der Waals surface area contributed by atoms with Crippen molar-refractivity contribution in [1.29, 1.82) is 0 Å². The van der Waals surface area contributed by atoms with Crippen LogP contribution in [0.5, 0.6) is 11.5 Å². The Morgan fingerprint density at radius 3 is 2.62 bits per heavy atom. The zero-order valence-electron chi connectivity index (χ0n) is 22.3. The molecule has 0 saturated carbocycles. The number of imidazole rings is 1. The van der Waals surface area contributed by atoms with E-state index < -0.39 is 0 Å². The number of rotatable bonds is 9. The van der Waals surface area contributed by atoms with Crippen LogP contribution in [0.2, 0.25) is 10.0 Å². The van der Waals surface area contributed by atoms with Crippen molar-refractivity contribution in [3.05, 3.63) is 59.0 Å². The van der Waals surface area contributed by atoms with Crippen molar-refractivity contribution in [2.45, 2.75) is 25.7 Å². The van der Waals surface area contributed by atoms with Gasteiger partial charge in [-0.25, -0.2) is 9.97 Å². The molecule has 0 spiro atoms. The van der Waals surface area contributed by atoms with E-state index in [-0.39, 0.29) is 5.91 Å². The van der Waals surface area contributed by atoms with Crippen molar-refractivity contribution in [2.24, 2.45) is 5.92 Å². The van der Waals surface area contributed by atoms with Gasteiger partial charge in [0.05, 0.1) is 35.5 Å². The van der Waals surface area contributed by atoms with Gasteiger partial charge in [0.15, 0.2) is 0 Å². The smallest absolute Gasteiger partial charge is 0.245 e. The third-order valence-electron chi connectivity index (χ3n) is 7.38. The fourth-order valence-electron chi connectivity index (χ4n) is 5.33.